The standard InChI is InChI=1S/C24H30O3/c1-16(2)8-7-9-17(3)14-15-26-22-13-12-20-19-10-5-6-11-21(19)24(25)27-23(20)18(22)4/h8,12-14H,5-7,9-11,15H2,1-4H3/b17-14+. The number of hydrogen-bond donors (Lipinski definition) is 0. The second-order valence-corrected chi connectivity index (χ2v) is 7.80. The van der Waals surface area contributed by atoms with Gasteiger partial charge in [-0.2, -0.15) is 0 Å². The molecule has 2 aromatic rings. The summed E-state index contributed by atoms with van der Waals surface area (Å²) in [6.07, 6.45) is 10.5. The van der Waals surface area contributed by atoms with Crippen LogP contribution in [0.2, 0.25) is 0 Å². The lowest BCUT2D eigenvalue weighted by Crippen LogP contribution is -2.16. The van der Waals surface area contributed by atoms with Crippen LogP contribution in [-0.2, 0) is 12.8 Å². The summed E-state index contributed by atoms with van der Waals surface area (Å²) in [5.74, 6) is 0.787. The van der Waals surface area contributed by atoms with E-state index in [0.717, 1.165) is 60.8 Å². The number of allylic oxidation sites excluding steroid dienone is 3. The van der Waals surface area contributed by atoms with Gasteiger partial charge in [-0.3, -0.25) is 0 Å². The second-order valence-electron chi connectivity index (χ2n) is 7.80. The van der Waals surface area contributed by atoms with Crippen LogP contribution >= 0.6 is 0 Å². The molecule has 3 nitrogen and oxygen atoms in total. The highest BCUT2D eigenvalue weighted by Crippen LogP contribution is 2.32. The molecule has 1 heterocycles. The fraction of sp³-hybridized carbons (Fsp3) is 0.458. The maximum absolute atomic E-state index is 12.4. The van der Waals surface area contributed by atoms with Crippen molar-refractivity contribution in [2.45, 2.75) is 66.2 Å². The highest BCUT2D eigenvalue weighted by molar-refractivity contribution is 5.86. The Kier molecular flexibility index (Phi) is 6.20. The molecule has 1 aliphatic carbocycles. The van der Waals surface area contributed by atoms with Gasteiger partial charge in [-0.25, -0.2) is 4.79 Å². The molecule has 0 bridgehead atoms. The van der Waals surface area contributed by atoms with E-state index in [9.17, 15) is 4.79 Å². The molecule has 27 heavy (non-hydrogen) atoms. The van der Waals surface area contributed by atoms with Gasteiger partial charge in [-0.15, -0.1) is 0 Å². The average molecular weight is 367 g/mol. The normalized spacial score (nSPS) is 14.1. The Bertz CT molecular complexity index is 940. The number of rotatable bonds is 6. The molecule has 0 saturated carbocycles. The minimum atomic E-state index is -0.174. The van der Waals surface area contributed by atoms with Crippen molar-refractivity contribution in [1.29, 1.82) is 0 Å². The van der Waals surface area contributed by atoms with Gasteiger partial charge in [0.25, 0.3) is 0 Å². The van der Waals surface area contributed by atoms with Crippen LogP contribution in [0.1, 0.15) is 63.1 Å². The van der Waals surface area contributed by atoms with E-state index >= 15 is 0 Å². The maximum atomic E-state index is 12.4. The lowest BCUT2D eigenvalue weighted by Gasteiger charge is -2.17. The Morgan fingerprint density at radius 3 is 2.59 bits per heavy atom. The third-order valence-electron chi connectivity index (χ3n) is 5.35. The maximum Gasteiger partial charge on any atom is 0.339 e. The van der Waals surface area contributed by atoms with E-state index in [1.807, 2.05) is 13.0 Å². The summed E-state index contributed by atoms with van der Waals surface area (Å²) in [5, 5.41) is 1.07. The Labute approximate surface area is 161 Å². The minimum absolute atomic E-state index is 0.174. The predicted octanol–water partition coefficient (Wildman–Crippen LogP) is 6.05. The molecule has 0 saturated heterocycles. The van der Waals surface area contributed by atoms with E-state index in [4.69, 9.17) is 9.15 Å². The van der Waals surface area contributed by atoms with E-state index in [1.54, 1.807) is 0 Å². The number of aryl methyl sites for hydroxylation is 2. The third kappa shape index (κ3) is 4.52. The lowest BCUT2D eigenvalue weighted by atomic mass is 9.90. The van der Waals surface area contributed by atoms with Gasteiger partial charge in [-0.05, 0) is 90.0 Å². The van der Waals surface area contributed by atoms with E-state index in [0.29, 0.717) is 12.2 Å². The molecule has 1 aromatic carbocycles. The Morgan fingerprint density at radius 2 is 1.85 bits per heavy atom. The van der Waals surface area contributed by atoms with Crippen molar-refractivity contribution in [3.63, 3.8) is 0 Å². The van der Waals surface area contributed by atoms with Crippen molar-refractivity contribution >= 4 is 11.0 Å². The summed E-state index contributed by atoms with van der Waals surface area (Å²) in [6.45, 7) is 8.89. The van der Waals surface area contributed by atoms with Gasteiger partial charge in [0.1, 0.15) is 17.9 Å². The van der Waals surface area contributed by atoms with Crippen LogP contribution in [0, 0.1) is 6.92 Å². The molecule has 3 rings (SSSR count). The van der Waals surface area contributed by atoms with Crippen LogP contribution in [0.5, 0.6) is 5.75 Å². The largest absolute Gasteiger partial charge is 0.489 e. The number of hydrogen-bond acceptors (Lipinski definition) is 3. The van der Waals surface area contributed by atoms with Gasteiger partial charge in [0.2, 0.25) is 0 Å². The van der Waals surface area contributed by atoms with E-state index in [1.165, 1.54) is 16.7 Å². The first-order valence-corrected chi connectivity index (χ1v) is 9.97. The fourth-order valence-corrected chi connectivity index (χ4v) is 3.75. The van der Waals surface area contributed by atoms with Crippen molar-refractivity contribution in [2.24, 2.45) is 0 Å². The van der Waals surface area contributed by atoms with Crippen molar-refractivity contribution in [2.75, 3.05) is 6.61 Å². The van der Waals surface area contributed by atoms with E-state index in [2.05, 4.69) is 39.0 Å². The minimum Gasteiger partial charge on any atom is -0.489 e. The van der Waals surface area contributed by atoms with Crippen LogP contribution in [0.4, 0.5) is 0 Å². The fourth-order valence-electron chi connectivity index (χ4n) is 3.75. The van der Waals surface area contributed by atoms with Gasteiger partial charge < -0.3 is 9.15 Å². The molecule has 0 aliphatic heterocycles. The number of fused-ring (bicyclic) bond motifs is 3. The zero-order chi connectivity index (χ0) is 19.4. The average Bonchev–Trinajstić information content (AvgIpc) is 2.64. The van der Waals surface area contributed by atoms with E-state index in [-0.39, 0.29) is 5.63 Å². The molecular weight excluding hydrogens is 336 g/mol. The monoisotopic (exact) mass is 366 g/mol. The van der Waals surface area contributed by atoms with Crippen LogP contribution in [0.25, 0.3) is 11.0 Å². The lowest BCUT2D eigenvalue weighted by molar-refractivity contribution is 0.358. The van der Waals surface area contributed by atoms with Gasteiger partial charge in [0, 0.05) is 16.5 Å². The molecule has 1 aliphatic rings. The number of benzene rings is 1. The van der Waals surface area contributed by atoms with Crippen molar-refractivity contribution < 1.29 is 9.15 Å². The van der Waals surface area contributed by atoms with Gasteiger partial charge in [0.05, 0.1) is 0 Å². The zero-order valence-electron chi connectivity index (χ0n) is 17.0. The van der Waals surface area contributed by atoms with Crippen LogP contribution in [0.15, 0.2) is 44.6 Å². The second kappa shape index (κ2) is 8.60. The first kappa shape index (κ1) is 19.5. The summed E-state index contributed by atoms with van der Waals surface area (Å²) in [6, 6.07) is 4.06. The molecule has 0 radical (unpaired) electrons. The molecule has 0 unspecified atom stereocenters. The molecule has 0 amide bonds. The highest BCUT2D eigenvalue weighted by atomic mass is 16.5. The molecule has 1 aromatic heterocycles. The summed E-state index contributed by atoms with van der Waals surface area (Å²) in [7, 11) is 0. The summed E-state index contributed by atoms with van der Waals surface area (Å²) < 4.78 is 11.7. The van der Waals surface area contributed by atoms with Crippen LogP contribution in [-0.4, -0.2) is 6.61 Å². The predicted molar refractivity (Wildman–Crippen MR) is 112 cm³/mol. The van der Waals surface area contributed by atoms with Crippen molar-refractivity contribution in [3.05, 3.63) is 62.5 Å². The van der Waals surface area contributed by atoms with Gasteiger partial charge in [0.15, 0.2) is 0 Å². The summed E-state index contributed by atoms with van der Waals surface area (Å²) in [5.41, 5.74) is 6.15. The molecular formula is C24H30O3. The van der Waals surface area contributed by atoms with Crippen molar-refractivity contribution in [3.8, 4) is 5.75 Å². The zero-order valence-corrected chi connectivity index (χ0v) is 17.0. The molecule has 0 N–H and O–H groups in total. The van der Waals surface area contributed by atoms with Crippen molar-refractivity contribution in [1.82, 2.24) is 0 Å². The molecule has 0 atom stereocenters. The molecule has 144 valence electrons. The van der Waals surface area contributed by atoms with E-state index < -0.39 is 0 Å². The highest BCUT2D eigenvalue weighted by Gasteiger charge is 2.19. The van der Waals surface area contributed by atoms with Gasteiger partial charge in [-0.1, -0.05) is 17.2 Å². The topological polar surface area (TPSA) is 39.4 Å². The molecule has 3 heteroatoms. The third-order valence-corrected chi connectivity index (χ3v) is 5.35. The smallest absolute Gasteiger partial charge is 0.339 e. The van der Waals surface area contributed by atoms with Crippen LogP contribution in [0.3, 0.4) is 0 Å². The Balaban J connectivity index is 1.77. The molecule has 0 spiro atoms. The molecule has 0 fully saturated rings. The van der Waals surface area contributed by atoms with Crippen LogP contribution < -0.4 is 10.4 Å². The number of ether oxygens (including phenoxy) is 1. The quantitative estimate of drug-likeness (QED) is 0.461. The SMILES string of the molecule is CC(C)=CCC/C(C)=C/COc1ccc2c3c(c(=O)oc2c1C)CCCC3. The Morgan fingerprint density at radius 1 is 1.11 bits per heavy atom. The van der Waals surface area contributed by atoms with Gasteiger partial charge >= 0.3 is 5.63 Å². The Hall–Kier alpha value is -2.29. The first-order chi connectivity index (χ1) is 13.0. The first-order valence-electron chi connectivity index (χ1n) is 9.97. The summed E-state index contributed by atoms with van der Waals surface area (Å²) >= 11 is 0. The summed E-state index contributed by atoms with van der Waals surface area (Å²) in [4.78, 5) is 12.4.